The van der Waals surface area contributed by atoms with Crippen molar-refractivity contribution in [3.63, 3.8) is 0 Å². The summed E-state index contributed by atoms with van der Waals surface area (Å²) in [5.41, 5.74) is 0.485. The Balaban J connectivity index is 4.42. The molecule has 0 aromatic heterocycles. The number of carbonyl (C=O) groups is 1. The number of rotatable bonds is 9. The fourth-order valence-corrected chi connectivity index (χ4v) is 1.46. The lowest BCUT2D eigenvalue weighted by atomic mass is 10.0. The van der Waals surface area contributed by atoms with Gasteiger partial charge >= 0.3 is 5.97 Å². The van der Waals surface area contributed by atoms with Crippen LogP contribution in [0.1, 0.15) is 39.5 Å². The van der Waals surface area contributed by atoms with Gasteiger partial charge < -0.3 is 20.1 Å². The van der Waals surface area contributed by atoms with Crippen LogP contribution in [0, 0.1) is 0 Å². The molecule has 0 aliphatic rings. The van der Waals surface area contributed by atoms with E-state index in [2.05, 4.69) is 0 Å². The minimum Gasteiger partial charge on any atom is -0.456 e. The van der Waals surface area contributed by atoms with Gasteiger partial charge in [-0.15, -0.1) is 0 Å². The van der Waals surface area contributed by atoms with E-state index in [4.69, 9.17) is 14.9 Å². The van der Waals surface area contributed by atoms with E-state index in [0.29, 0.717) is 31.3 Å². The minimum absolute atomic E-state index is 0.00832. The van der Waals surface area contributed by atoms with Crippen molar-refractivity contribution in [1.82, 2.24) is 0 Å². The first-order valence-corrected chi connectivity index (χ1v) is 6.30. The van der Waals surface area contributed by atoms with E-state index in [9.17, 15) is 9.90 Å². The van der Waals surface area contributed by atoms with Crippen LogP contribution in [0.5, 0.6) is 0 Å². The van der Waals surface area contributed by atoms with Gasteiger partial charge in [0, 0.05) is 18.8 Å². The predicted molar refractivity (Wildman–Crippen MR) is 68.0 cm³/mol. The lowest BCUT2D eigenvalue weighted by molar-refractivity contribution is -0.151. The van der Waals surface area contributed by atoms with Crippen LogP contribution in [0.3, 0.4) is 0 Å². The molecule has 0 saturated carbocycles. The largest absolute Gasteiger partial charge is 0.456 e. The molecule has 0 amide bonds. The topological polar surface area (TPSA) is 87.0 Å². The first-order chi connectivity index (χ1) is 8.56. The van der Waals surface area contributed by atoms with Gasteiger partial charge in [0.25, 0.3) is 0 Å². The maximum absolute atomic E-state index is 11.6. The zero-order valence-corrected chi connectivity index (χ0v) is 11.1. The Morgan fingerprint density at radius 1 is 1.22 bits per heavy atom. The molecule has 3 N–H and O–H groups in total. The molecule has 0 rings (SSSR count). The molecular weight excluding hydrogens is 236 g/mol. The number of esters is 1. The fourth-order valence-electron chi connectivity index (χ4n) is 1.46. The maximum atomic E-state index is 11.6. The molecule has 0 aromatic carbocycles. The van der Waals surface area contributed by atoms with Crippen LogP contribution < -0.4 is 0 Å². The highest BCUT2D eigenvalue weighted by atomic mass is 16.6. The zero-order valence-electron chi connectivity index (χ0n) is 11.1. The molecule has 0 aliphatic carbocycles. The van der Waals surface area contributed by atoms with Gasteiger partial charge in [-0.1, -0.05) is 6.08 Å². The Labute approximate surface area is 108 Å². The number of hydrogen-bond acceptors (Lipinski definition) is 5. The molecule has 0 saturated heterocycles. The molecule has 5 nitrogen and oxygen atoms in total. The molecule has 0 radical (unpaired) electrons. The van der Waals surface area contributed by atoms with E-state index in [1.165, 1.54) is 0 Å². The van der Waals surface area contributed by atoms with Crippen LogP contribution in [-0.4, -0.2) is 46.7 Å². The number of aliphatic hydroxyl groups excluding tert-OH is 3. The standard InChI is InChI=1S/C13H24O5/c1-3-10(2)13(17)18-12(7-5-9-15)11(16)6-4-8-14/h3,11-12,14-16H,4-9H2,1-2H3. The molecule has 106 valence electrons. The van der Waals surface area contributed by atoms with Gasteiger partial charge in [-0.2, -0.15) is 0 Å². The van der Waals surface area contributed by atoms with E-state index in [1.807, 2.05) is 0 Å². The van der Waals surface area contributed by atoms with Crippen molar-refractivity contribution in [2.75, 3.05) is 13.2 Å². The number of ether oxygens (including phenoxy) is 1. The van der Waals surface area contributed by atoms with Crippen molar-refractivity contribution < 1.29 is 24.9 Å². The number of aliphatic hydroxyl groups is 3. The molecule has 0 bridgehead atoms. The Bertz CT molecular complexity index is 262. The average molecular weight is 260 g/mol. The summed E-state index contributed by atoms with van der Waals surface area (Å²) in [6.07, 6.45) is 1.90. The van der Waals surface area contributed by atoms with Crippen molar-refractivity contribution in [2.45, 2.75) is 51.7 Å². The molecular formula is C13H24O5. The number of hydrogen-bond donors (Lipinski definition) is 3. The third-order valence-electron chi connectivity index (χ3n) is 2.75. The molecule has 2 unspecified atom stereocenters. The quantitative estimate of drug-likeness (QED) is 0.421. The first-order valence-electron chi connectivity index (χ1n) is 6.30. The Kier molecular flexibility index (Phi) is 9.55. The van der Waals surface area contributed by atoms with Crippen molar-refractivity contribution in [3.8, 4) is 0 Å². The Morgan fingerprint density at radius 2 is 1.78 bits per heavy atom. The van der Waals surface area contributed by atoms with Crippen molar-refractivity contribution >= 4 is 5.97 Å². The molecule has 0 fully saturated rings. The number of allylic oxidation sites excluding steroid dienone is 1. The lowest BCUT2D eigenvalue weighted by Gasteiger charge is -2.23. The predicted octanol–water partition coefficient (Wildman–Crippen LogP) is 0.770. The minimum atomic E-state index is -0.808. The monoisotopic (exact) mass is 260 g/mol. The molecule has 2 atom stereocenters. The molecule has 0 heterocycles. The van der Waals surface area contributed by atoms with Gasteiger partial charge in [-0.25, -0.2) is 4.79 Å². The van der Waals surface area contributed by atoms with Gasteiger partial charge in [-0.3, -0.25) is 0 Å². The molecule has 0 aliphatic heterocycles. The van der Waals surface area contributed by atoms with Gasteiger partial charge in [0.05, 0.1) is 6.10 Å². The fraction of sp³-hybridized carbons (Fsp3) is 0.769. The van der Waals surface area contributed by atoms with Crippen LogP contribution in [0.4, 0.5) is 0 Å². The van der Waals surface area contributed by atoms with Crippen molar-refractivity contribution in [3.05, 3.63) is 11.6 Å². The average Bonchev–Trinajstić information content (AvgIpc) is 2.39. The van der Waals surface area contributed by atoms with Crippen molar-refractivity contribution in [2.24, 2.45) is 0 Å². The van der Waals surface area contributed by atoms with Gasteiger partial charge in [0.1, 0.15) is 6.10 Å². The third-order valence-corrected chi connectivity index (χ3v) is 2.75. The summed E-state index contributed by atoms with van der Waals surface area (Å²) in [5, 5.41) is 27.4. The van der Waals surface area contributed by atoms with E-state index in [0.717, 1.165) is 0 Å². The second-order valence-corrected chi connectivity index (χ2v) is 4.21. The van der Waals surface area contributed by atoms with Crippen LogP contribution in [0.15, 0.2) is 11.6 Å². The second-order valence-electron chi connectivity index (χ2n) is 4.21. The smallest absolute Gasteiger partial charge is 0.333 e. The highest BCUT2D eigenvalue weighted by molar-refractivity contribution is 5.87. The summed E-state index contributed by atoms with van der Waals surface area (Å²) in [6, 6.07) is 0. The van der Waals surface area contributed by atoms with Gasteiger partial charge in [-0.05, 0) is 39.5 Å². The summed E-state index contributed by atoms with van der Waals surface area (Å²) in [7, 11) is 0. The maximum Gasteiger partial charge on any atom is 0.333 e. The first kappa shape index (κ1) is 17.1. The van der Waals surface area contributed by atoms with Crippen LogP contribution in [-0.2, 0) is 9.53 Å². The highest BCUT2D eigenvalue weighted by Crippen LogP contribution is 2.14. The van der Waals surface area contributed by atoms with E-state index in [-0.39, 0.29) is 13.2 Å². The third kappa shape index (κ3) is 6.74. The van der Waals surface area contributed by atoms with E-state index < -0.39 is 18.2 Å². The molecule has 5 heteroatoms. The van der Waals surface area contributed by atoms with Crippen LogP contribution in [0.2, 0.25) is 0 Å². The summed E-state index contributed by atoms with van der Waals surface area (Å²) in [6.45, 7) is 3.36. The van der Waals surface area contributed by atoms with Crippen molar-refractivity contribution in [1.29, 1.82) is 0 Å². The Hall–Kier alpha value is -0.910. The van der Waals surface area contributed by atoms with Crippen LogP contribution >= 0.6 is 0 Å². The summed E-state index contributed by atoms with van der Waals surface area (Å²) in [5.74, 6) is -0.455. The number of carbonyl (C=O) groups excluding carboxylic acids is 1. The molecule has 0 aromatic rings. The van der Waals surface area contributed by atoms with E-state index in [1.54, 1.807) is 19.9 Å². The Morgan fingerprint density at radius 3 is 2.28 bits per heavy atom. The highest BCUT2D eigenvalue weighted by Gasteiger charge is 2.23. The summed E-state index contributed by atoms with van der Waals surface area (Å²) in [4.78, 5) is 11.6. The van der Waals surface area contributed by atoms with Gasteiger partial charge in [0.15, 0.2) is 0 Å². The molecule has 0 spiro atoms. The van der Waals surface area contributed by atoms with Crippen LogP contribution in [0.25, 0.3) is 0 Å². The zero-order chi connectivity index (χ0) is 14.0. The summed E-state index contributed by atoms with van der Waals surface area (Å²) >= 11 is 0. The summed E-state index contributed by atoms with van der Waals surface area (Å²) < 4.78 is 5.21. The lowest BCUT2D eigenvalue weighted by Crippen LogP contribution is -2.32. The van der Waals surface area contributed by atoms with E-state index >= 15 is 0 Å². The SMILES string of the molecule is CC=C(C)C(=O)OC(CCCO)C(O)CCCO. The second kappa shape index (κ2) is 10.1. The normalized spacial score (nSPS) is 15.3. The molecule has 18 heavy (non-hydrogen) atoms. The van der Waals surface area contributed by atoms with Gasteiger partial charge in [0.2, 0.25) is 0 Å².